The number of hydrazine groups is 1. The van der Waals surface area contributed by atoms with Gasteiger partial charge in [0.15, 0.2) is 0 Å². The van der Waals surface area contributed by atoms with Crippen molar-refractivity contribution in [1.82, 2.24) is 20.7 Å². The summed E-state index contributed by atoms with van der Waals surface area (Å²) in [5.74, 6) is 0.597. The monoisotopic (exact) mass is 274 g/mol. The third kappa shape index (κ3) is 2.69. The molecule has 0 aromatic carbocycles. The zero-order valence-corrected chi connectivity index (χ0v) is 11.9. The molecule has 5 heteroatoms. The maximum atomic E-state index is 12.6. The van der Waals surface area contributed by atoms with Crippen LogP contribution in [-0.2, 0) is 11.3 Å². The number of nitrogens with one attached hydrogen (secondary N) is 2. The Hall–Kier alpha value is -1.46. The largest absolute Gasteiger partial charge is 0.338 e. The normalized spacial score (nSPS) is 28.9. The second-order valence-electron chi connectivity index (χ2n) is 5.84. The molecule has 1 aromatic heterocycles. The number of rotatable bonds is 3. The van der Waals surface area contributed by atoms with Gasteiger partial charge < -0.3 is 4.90 Å². The minimum atomic E-state index is -0.0889. The van der Waals surface area contributed by atoms with E-state index in [0.29, 0.717) is 18.5 Å². The minimum Gasteiger partial charge on any atom is -0.338 e. The summed E-state index contributed by atoms with van der Waals surface area (Å²) in [5, 5.41) is 0. The van der Waals surface area contributed by atoms with Crippen LogP contribution in [0.5, 0.6) is 0 Å². The van der Waals surface area contributed by atoms with Crippen molar-refractivity contribution in [3.8, 4) is 0 Å². The Balaban J connectivity index is 1.63. The van der Waals surface area contributed by atoms with Crippen LogP contribution in [0.3, 0.4) is 0 Å². The van der Waals surface area contributed by atoms with E-state index in [0.717, 1.165) is 12.1 Å². The highest BCUT2D eigenvalue weighted by molar-refractivity contribution is 5.82. The van der Waals surface area contributed by atoms with E-state index in [-0.39, 0.29) is 11.9 Å². The standard InChI is InChI=1S/C15H22N4O/c1-19(10-11-6-4-5-9-16-11)15(20)14-12-7-2-3-8-13(12)17-18-14/h4-6,9,12-14,17-18H,2-3,7-8,10H2,1H3. The van der Waals surface area contributed by atoms with E-state index in [1.54, 1.807) is 11.1 Å². The van der Waals surface area contributed by atoms with Gasteiger partial charge in [-0.2, -0.15) is 0 Å². The lowest BCUT2D eigenvalue weighted by molar-refractivity contribution is -0.133. The summed E-state index contributed by atoms with van der Waals surface area (Å²) in [6, 6.07) is 6.16. The number of hydrogen-bond acceptors (Lipinski definition) is 4. The quantitative estimate of drug-likeness (QED) is 0.866. The van der Waals surface area contributed by atoms with Gasteiger partial charge in [-0.3, -0.25) is 15.2 Å². The van der Waals surface area contributed by atoms with E-state index in [2.05, 4.69) is 15.8 Å². The average Bonchev–Trinajstić information content (AvgIpc) is 2.91. The first-order chi connectivity index (χ1) is 9.75. The smallest absolute Gasteiger partial charge is 0.241 e. The molecule has 2 fully saturated rings. The van der Waals surface area contributed by atoms with Crippen molar-refractivity contribution in [2.24, 2.45) is 5.92 Å². The first-order valence-electron chi connectivity index (χ1n) is 7.41. The Morgan fingerprint density at radius 1 is 1.35 bits per heavy atom. The van der Waals surface area contributed by atoms with Crippen LogP contribution in [0.2, 0.25) is 0 Å². The molecule has 0 spiro atoms. The number of hydrogen-bond donors (Lipinski definition) is 2. The predicted molar refractivity (Wildman–Crippen MR) is 76.5 cm³/mol. The number of pyridine rings is 1. The van der Waals surface area contributed by atoms with Crippen LogP contribution < -0.4 is 10.9 Å². The molecule has 2 N–H and O–H groups in total. The summed E-state index contributed by atoms with van der Waals surface area (Å²) >= 11 is 0. The van der Waals surface area contributed by atoms with Gasteiger partial charge in [-0.15, -0.1) is 0 Å². The van der Waals surface area contributed by atoms with Crippen LogP contribution in [0.4, 0.5) is 0 Å². The number of likely N-dealkylation sites (N-methyl/N-ethyl adjacent to an activating group) is 1. The number of aromatic nitrogens is 1. The fraction of sp³-hybridized carbons (Fsp3) is 0.600. The van der Waals surface area contributed by atoms with Gasteiger partial charge in [0.05, 0.1) is 12.2 Å². The fourth-order valence-electron chi connectivity index (χ4n) is 3.34. The Morgan fingerprint density at radius 3 is 3.00 bits per heavy atom. The van der Waals surface area contributed by atoms with E-state index in [1.165, 1.54) is 19.3 Å². The molecule has 108 valence electrons. The molecule has 3 atom stereocenters. The lowest BCUT2D eigenvalue weighted by atomic mass is 9.81. The van der Waals surface area contributed by atoms with E-state index < -0.39 is 0 Å². The van der Waals surface area contributed by atoms with Gasteiger partial charge in [-0.1, -0.05) is 18.9 Å². The second kappa shape index (κ2) is 5.89. The molecule has 0 radical (unpaired) electrons. The summed E-state index contributed by atoms with van der Waals surface area (Å²) in [5.41, 5.74) is 7.42. The molecule has 1 amide bonds. The maximum absolute atomic E-state index is 12.6. The highest BCUT2D eigenvalue weighted by atomic mass is 16.2. The topological polar surface area (TPSA) is 57.3 Å². The number of carbonyl (C=O) groups excluding carboxylic acids is 1. The van der Waals surface area contributed by atoms with Crippen LogP contribution in [0.1, 0.15) is 31.4 Å². The molecule has 1 aliphatic heterocycles. The Kier molecular flexibility index (Phi) is 3.98. The first-order valence-corrected chi connectivity index (χ1v) is 7.41. The summed E-state index contributed by atoms with van der Waals surface area (Å²) in [4.78, 5) is 18.7. The van der Waals surface area contributed by atoms with E-state index in [4.69, 9.17) is 0 Å². The van der Waals surface area contributed by atoms with Crippen molar-refractivity contribution in [2.45, 2.75) is 44.3 Å². The van der Waals surface area contributed by atoms with Gasteiger partial charge in [0.1, 0.15) is 6.04 Å². The lowest BCUT2D eigenvalue weighted by Gasteiger charge is -2.28. The molecule has 20 heavy (non-hydrogen) atoms. The molecule has 1 saturated heterocycles. The van der Waals surface area contributed by atoms with E-state index in [9.17, 15) is 4.79 Å². The highest BCUT2D eigenvalue weighted by Crippen LogP contribution is 2.30. The van der Waals surface area contributed by atoms with Gasteiger partial charge in [0.2, 0.25) is 5.91 Å². The summed E-state index contributed by atoms with van der Waals surface area (Å²) in [6.45, 7) is 0.565. The SMILES string of the molecule is CN(Cc1ccccn1)C(=O)C1NNC2CCCCC21. The van der Waals surface area contributed by atoms with Gasteiger partial charge >= 0.3 is 0 Å². The van der Waals surface area contributed by atoms with Crippen LogP contribution in [0, 0.1) is 5.92 Å². The van der Waals surface area contributed by atoms with Crippen LogP contribution in [-0.4, -0.2) is 34.9 Å². The van der Waals surface area contributed by atoms with Gasteiger partial charge in [0.25, 0.3) is 0 Å². The van der Waals surface area contributed by atoms with Crippen molar-refractivity contribution in [2.75, 3.05) is 7.05 Å². The highest BCUT2D eigenvalue weighted by Gasteiger charge is 2.41. The zero-order chi connectivity index (χ0) is 13.9. The minimum absolute atomic E-state index is 0.0889. The lowest BCUT2D eigenvalue weighted by Crippen LogP contribution is -2.46. The van der Waals surface area contributed by atoms with Crippen molar-refractivity contribution in [3.05, 3.63) is 30.1 Å². The number of fused-ring (bicyclic) bond motifs is 1. The Bertz CT molecular complexity index is 464. The molecule has 5 nitrogen and oxygen atoms in total. The zero-order valence-electron chi connectivity index (χ0n) is 11.9. The van der Waals surface area contributed by atoms with Gasteiger partial charge in [0, 0.05) is 25.2 Å². The molecule has 2 aliphatic rings. The average molecular weight is 274 g/mol. The van der Waals surface area contributed by atoms with Crippen molar-refractivity contribution in [3.63, 3.8) is 0 Å². The first kappa shape index (κ1) is 13.5. The molecule has 1 saturated carbocycles. The van der Waals surface area contributed by atoms with Crippen molar-refractivity contribution >= 4 is 5.91 Å². The summed E-state index contributed by atoms with van der Waals surface area (Å²) in [7, 11) is 1.86. The van der Waals surface area contributed by atoms with Crippen LogP contribution in [0.25, 0.3) is 0 Å². The molecule has 1 aromatic rings. The van der Waals surface area contributed by atoms with Gasteiger partial charge in [-0.25, -0.2) is 5.43 Å². The number of nitrogens with zero attached hydrogens (tertiary/aromatic N) is 2. The number of amides is 1. The van der Waals surface area contributed by atoms with E-state index in [1.807, 2.05) is 25.2 Å². The third-order valence-electron chi connectivity index (χ3n) is 4.44. The summed E-state index contributed by atoms with van der Waals surface area (Å²) < 4.78 is 0. The molecule has 1 aliphatic carbocycles. The summed E-state index contributed by atoms with van der Waals surface area (Å²) in [6.07, 6.45) is 6.57. The Morgan fingerprint density at radius 2 is 2.20 bits per heavy atom. The van der Waals surface area contributed by atoms with E-state index >= 15 is 0 Å². The second-order valence-corrected chi connectivity index (χ2v) is 5.84. The van der Waals surface area contributed by atoms with Gasteiger partial charge in [-0.05, 0) is 25.0 Å². The molecular formula is C15H22N4O. The van der Waals surface area contributed by atoms with Crippen molar-refractivity contribution < 1.29 is 4.79 Å². The molecule has 3 unspecified atom stereocenters. The number of carbonyl (C=O) groups is 1. The molecular weight excluding hydrogens is 252 g/mol. The molecule has 0 bridgehead atoms. The van der Waals surface area contributed by atoms with Crippen LogP contribution in [0.15, 0.2) is 24.4 Å². The maximum Gasteiger partial charge on any atom is 0.241 e. The molecule has 2 heterocycles. The fourth-order valence-corrected chi connectivity index (χ4v) is 3.34. The van der Waals surface area contributed by atoms with Crippen molar-refractivity contribution in [1.29, 1.82) is 0 Å². The third-order valence-corrected chi connectivity index (χ3v) is 4.44. The molecule has 3 rings (SSSR count). The predicted octanol–water partition coefficient (Wildman–Crippen LogP) is 1.08. The van der Waals surface area contributed by atoms with Crippen LogP contribution >= 0.6 is 0 Å². The Labute approximate surface area is 119 Å².